The average Bonchev–Trinajstić information content (AvgIpc) is 2.75. The normalized spacial score (nSPS) is 20.7. The van der Waals surface area contributed by atoms with E-state index in [-0.39, 0.29) is 17.3 Å². The molecule has 1 aliphatic heterocycles. The number of hydrogen-bond donors (Lipinski definition) is 0. The maximum Gasteiger partial charge on any atom is 0.312 e. The summed E-state index contributed by atoms with van der Waals surface area (Å²) < 4.78 is 10.7. The second-order valence-corrected chi connectivity index (χ2v) is 8.94. The first-order chi connectivity index (χ1) is 13.9. The molecule has 1 heterocycles. The number of esters is 1. The Bertz CT molecular complexity index is 698. The molecule has 160 valence electrons. The van der Waals surface area contributed by atoms with Crippen LogP contribution in [0.3, 0.4) is 0 Å². The Balaban J connectivity index is 1.72. The SMILES string of the molecule is CCOC(=O)C1(Cc2ccc(OC)cc2)CCN(C(=O)C2(C)CCCCC2)CC1. The van der Waals surface area contributed by atoms with Crippen LogP contribution in [-0.4, -0.2) is 43.6 Å². The highest BCUT2D eigenvalue weighted by atomic mass is 16.5. The van der Waals surface area contributed by atoms with E-state index in [0.717, 1.165) is 37.0 Å². The predicted molar refractivity (Wildman–Crippen MR) is 113 cm³/mol. The van der Waals surface area contributed by atoms with Crippen molar-refractivity contribution in [2.45, 2.75) is 65.2 Å². The van der Waals surface area contributed by atoms with Crippen LogP contribution in [0.25, 0.3) is 0 Å². The first kappa shape index (κ1) is 21.7. The molecule has 2 fully saturated rings. The quantitative estimate of drug-likeness (QED) is 0.664. The summed E-state index contributed by atoms with van der Waals surface area (Å²) in [6.07, 6.45) is 7.42. The molecule has 1 saturated heterocycles. The van der Waals surface area contributed by atoms with Gasteiger partial charge in [0.25, 0.3) is 0 Å². The second kappa shape index (κ2) is 9.19. The smallest absolute Gasteiger partial charge is 0.312 e. The molecule has 0 atom stereocenters. The zero-order valence-corrected chi connectivity index (χ0v) is 18.2. The van der Waals surface area contributed by atoms with Crippen LogP contribution in [0.5, 0.6) is 5.75 Å². The Morgan fingerprint density at radius 2 is 1.62 bits per heavy atom. The molecule has 0 N–H and O–H groups in total. The van der Waals surface area contributed by atoms with E-state index in [1.54, 1.807) is 7.11 Å². The fraction of sp³-hybridized carbons (Fsp3) is 0.667. The number of nitrogens with zero attached hydrogens (tertiary/aromatic N) is 1. The molecule has 29 heavy (non-hydrogen) atoms. The zero-order valence-electron chi connectivity index (χ0n) is 18.2. The van der Waals surface area contributed by atoms with E-state index >= 15 is 0 Å². The summed E-state index contributed by atoms with van der Waals surface area (Å²) in [4.78, 5) is 28.1. The third kappa shape index (κ3) is 4.76. The van der Waals surface area contributed by atoms with Gasteiger partial charge in [0.2, 0.25) is 5.91 Å². The first-order valence-corrected chi connectivity index (χ1v) is 11.0. The van der Waals surface area contributed by atoms with Gasteiger partial charge in [-0.15, -0.1) is 0 Å². The van der Waals surface area contributed by atoms with Crippen molar-refractivity contribution < 1.29 is 19.1 Å². The molecule has 0 bridgehead atoms. The lowest BCUT2D eigenvalue weighted by atomic mass is 9.71. The third-order valence-electron chi connectivity index (χ3n) is 6.89. The van der Waals surface area contributed by atoms with Crippen molar-refractivity contribution >= 4 is 11.9 Å². The van der Waals surface area contributed by atoms with Crippen molar-refractivity contribution in [2.24, 2.45) is 10.8 Å². The Morgan fingerprint density at radius 1 is 1.00 bits per heavy atom. The molecule has 1 aromatic rings. The summed E-state index contributed by atoms with van der Waals surface area (Å²) in [6, 6.07) is 7.88. The Labute approximate surface area is 174 Å². The Hall–Kier alpha value is -2.04. The second-order valence-electron chi connectivity index (χ2n) is 8.94. The number of methoxy groups -OCH3 is 1. The lowest BCUT2D eigenvalue weighted by molar-refractivity contribution is -0.162. The number of ether oxygens (including phenoxy) is 2. The minimum Gasteiger partial charge on any atom is -0.497 e. The maximum atomic E-state index is 13.2. The number of piperidine rings is 1. The van der Waals surface area contributed by atoms with E-state index in [4.69, 9.17) is 9.47 Å². The molecular formula is C24H35NO4. The largest absolute Gasteiger partial charge is 0.497 e. The molecular weight excluding hydrogens is 366 g/mol. The number of likely N-dealkylation sites (tertiary alicyclic amines) is 1. The first-order valence-electron chi connectivity index (χ1n) is 11.0. The van der Waals surface area contributed by atoms with Gasteiger partial charge in [-0.25, -0.2) is 0 Å². The fourth-order valence-electron chi connectivity index (χ4n) is 4.94. The number of benzene rings is 1. The minimum atomic E-state index is -0.561. The molecule has 5 nitrogen and oxygen atoms in total. The van der Waals surface area contributed by atoms with Crippen LogP contribution >= 0.6 is 0 Å². The molecule has 5 heteroatoms. The van der Waals surface area contributed by atoms with Gasteiger partial charge >= 0.3 is 5.97 Å². The van der Waals surface area contributed by atoms with Crippen LogP contribution in [0.1, 0.15) is 64.4 Å². The molecule has 0 aromatic heterocycles. The molecule has 2 aliphatic rings. The van der Waals surface area contributed by atoms with Crippen molar-refractivity contribution in [1.29, 1.82) is 0 Å². The van der Waals surface area contributed by atoms with Crippen molar-refractivity contribution in [1.82, 2.24) is 4.90 Å². The number of carbonyl (C=O) groups is 2. The summed E-state index contributed by atoms with van der Waals surface area (Å²) >= 11 is 0. The molecule has 3 rings (SSSR count). The van der Waals surface area contributed by atoms with E-state index in [2.05, 4.69) is 6.92 Å². The van der Waals surface area contributed by atoms with Gasteiger partial charge in [0, 0.05) is 18.5 Å². The summed E-state index contributed by atoms with van der Waals surface area (Å²) in [5, 5.41) is 0. The molecule has 1 saturated carbocycles. The monoisotopic (exact) mass is 401 g/mol. The number of carbonyl (C=O) groups excluding carboxylic acids is 2. The summed E-state index contributed by atoms with van der Waals surface area (Å²) in [5.41, 5.74) is 0.311. The van der Waals surface area contributed by atoms with E-state index < -0.39 is 5.41 Å². The topological polar surface area (TPSA) is 55.8 Å². The lowest BCUT2D eigenvalue weighted by Gasteiger charge is -2.44. The van der Waals surface area contributed by atoms with Crippen LogP contribution in [-0.2, 0) is 20.7 Å². The van der Waals surface area contributed by atoms with Gasteiger partial charge in [-0.1, -0.05) is 38.3 Å². The van der Waals surface area contributed by atoms with Crippen molar-refractivity contribution in [3.63, 3.8) is 0 Å². The van der Waals surface area contributed by atoms with Crippen molar-refractivity contribution in [2.75, 3.05) is 26.8 Å². The van der Waals surface area contributed by atoms with Gasteiger partial charge < -0.3 is 14.4 Å². The molecule has 1 aliphatic carbocycles. The van der Waals surface area contributed by atoms with Gasteiger partial charge in [0.05, 0.1) is 19.1 Å². The third-order valence-corrected chi connectivity index (χ3v) is 6.89. The average molecular weight is 402 g/mol. The maximum absolute atomic E-state index is 13.2. The van der Waals surface area contributed by atoms with Crippen LogP contribution in [0.15, 0.2) is 24.3 Å². The van der Waals surface area contributed by atoms with E-state index in [9.17, 15) is 9.59 Å². The zero-order chi connectivity index (χ0) is 20.9. The molecule has 1 aromatic carbocycles. The van der Waals surface area contributed by atoms with Crippen LogP contribution < -0.4 is 4.74 Å². The van der Waals surface area contributed by atoms with E-state index in [1.807, 2.05) is 36.1 Å². The van der Waals surface area contributed by atoms with Gasteiger partial charge in [0.1, 0.15) is 5.75 Å². The highest BCUT2D eigenvalue weighted by molar-refractivity contribution is 5.83. The van der Waals surface area contributed by atoms with Crippen LogP contribution in [0.4, 0.5) is 0 Å². The van der Waals surface area contributed by atoms with Crippen LogP contribution in [0.2, 0.25) is 0 Å². The van der Waals surface area contributed by atoms with Gasteiger partial charge in [-0.05, 0) is 56.7 Å². The van der Waals surface area contributed by atoms with Crippen molar-refractivity contribution in [3.05, 3.63) is 29.8 Å². The molecule has 0 spiro atoms. The minimum absolute atomic E-state index is 0.133. The molecule has 1 amide bonds. The number of hydrogen-bond acceptors (Lipinski definition) is 4. The van der Waals surface area contributed by atoms with Gasteiger partial charge in [-0.3, -0.25) is 9.59 Å². The highest BCUT2D eigenvalue weighted by Gasteiger charge is 2.46. The predicted octanol–water partition coefficient (Wildman–Crippen LogP) is 4.38. The number of amides is 1. The highest BCUT2D eigenvalue weighted by Crippen LogP contribution is 2.41. The Kier molecular flexibility index (Phi) is 6.86. The summed E-state index contributed by atoms with van der Waals surface area (Å²) in [5.74, 6) is 0.950. The Morgan fingerprint density at radius 3 is 2.17 bits per heavy atom. The number of rotatable bonds is 6. The summed E-state index contributed by atoms with van der Waals surface area (Å²) in [7, 11) is 1.65. The van der Waals surface area contributed by atoms with Gasteiger partial charge in [0.15, 0.2) is 0 Å². The van der Waals surface area contributed by atoms with Crippen molar-refractivity contribution in [3.8, 4) is 5.75 Å². The molecule has 0 radical (unpaired) electrons. The van der Waals surface area contributed by atoms with Gasteiger partial charge in [-0.2, -0.15) is 0 Å². The molecule has 0 unspecified atom stereocenters. The lowest BCUT2D eigenvalue weighted by Crippen LogP contribution is -2.52. The standard InChI is InChI=1S/C24H35NO4/c1-4-29-22(27)24(18-19-8-10-20(28-3)11-9-19)14-16-25(17-15-24)21(26)23(2)12-6-5-7-13-23/h8-11H,4-7,12-18H2,1-3H3. The van der Waals surface area contributed by atoms with Crippen LogP contribution in [0, 0.1) is 10.8 Å². The summed E-state index contributed by atoms with van der Waals surface area (Å²) in [6.45, 7) is 5.61. The van der Waals surface area contributed by atoms with E-state index in [0.29, 0.717) is 39.0 Å². The van der Waals surface area contributed by atoms with E-state index in [1.165, 1.54) is 6.42 Å². The fourth-order valence-corrected chi connectivity index (χ4v) is 4.94.